The first-order chi connectivity index (χ1) is 9.11. The Balaban J connectivity index is 2.03. The Morgan fingerprint density at radius 1 is 1.32 bits per heavy atom. The van der Waals surface area contributed by atoms with Gasteiger partial charge < -0.3 is 5.73 Å². The van der Waals surface area contributed by atoms with Crippen LogP contribution in [0.2, 0.25) is 10.0 Å². The van der Waals surface area contributed by atoms with E-state index in [4.69, 9.17) is 28.9 Å². The van der Waals surface area contributed by atoms with Gasteiger partial charge in [0.2, 0.25) is 0 Å². The Morgan fingerprint density at radius 2 is 2.00 bits per heavy atom. The Bertz CT molecular complexity index is 539. The second-order valence-corrected chi connectivity index (χ2v) is 6.00. The minimum atomic E-state index is -0.143. The number of benzene rings is 1. The maximum atomic E-state index is 6.20. The molecule has 0 spiro atoms. The van der Waals surface area contributed by atoms with Gasteiger partial charge in [0, 0.05) is 22.2 Å². The summed E-state index contributed by atoms with van der Waals surface area (Å²) in [6, 6.07) is 7.57. The van der Waals surface area contributed by atoms with Crippen molar-refractivity contribution in [2.24, 2.45) is 5.73 Å². The highest BCUT2D eigenvalue weighted by atomic mass is 35.5. The Morgan fingerprint density at radius 3 is 2.63 bits per heavy atom. The van der Waals surface area contributed by atoms with E-state index in [1.54, 1.807) is 18.0 Å². The molecule has 1 aromatic carbocycles. The van der Waals surface area contributed by atoms with Crippen molar-refractivity contribution in [2.45, 2.75) is 24.4 Å². The molecule has 0 saturated heterocycles. The first-order valence-corrected chi connectivity index (χ1v) is 7.71. The molecule has 1 unspecified atom stereocenters. The molecule has 0 aliphatic carbocycles. The zero-order chi connectivity index (χ0) is 13.8. The summed E-state index contributed by atoms with van der Waals surface area (Å²) >= 11 is 13.7. The number of aromatic nitrogens is 2. The number of thioether (sulfide) groups is 1. The molecule has 2 aromatic rings. The summed E-state index contributed by atoms with van der Waals surface area (Å²) in [4.78, 5) is 1.14. The highest BCUT2D eigenvalue weighted by molar-refractivity contribution is 7.99. The third-order valence-electron chi connectivity index (χ3n) is 2.73. The first kappa shape index (κ1) is 14.7. The summed E-state index contributed by atoms with van der Waals surface area (Å²) in [5.41, 5.74) is 7.10. The number of aryl methyl sites for hydroxylation is 1. The molecule has 0 aliphatic heterocycles. The van der Waals surface area contributed by atoms with Gasteiger partial charge in [-0.3, -0.25) is 4.68 Å². The van der Waals surface area contributed by atoms with Gasteiger partial charge in [0.15, 0.2) is 0 Å². The van der Waals surface area contributed by atoms with Crippen molar-refractivity contribution in [3.8, 4) is 0 Å². The van der Waals surface area contributed by atoms with Crippen LogP contribution in [0.15, 0.2) is 35.4 Å². The van der Waals surface area contributed by atoms with Crippen molar-refractivity contribution < 1.29 is 0 Å². The lowest BCUT2D eigenvalue weighted by atomic mass is 10.2. The monoisotopic (exact) mass is 315 g/mol. The largest absolute Gasteiger partial charge is 0.322 e. The fraction of sp³-hybridized carbons (Fsp3) is 0.308. The van der Waals surface area contributed by atoms with Crippen molar-refractivity contribution in [2.75, 3.05) is 5.75 Å². The molecule has 0 bridgehead atoms. The van der Waals surface area contributed by atoms with Crippen LogP contribution in [0.4, 0.5) is 0 Å². The molecule has 1 atom stereocenters. The standard InChI is InChI=1S/C13H15Cl2N3S/c1-2-18-13(11(15)7-17-18)12(16)8-19-10-5-3-9(14)4-6-10/h3-7,12H,2,8,16H2,1H3. The normalized spacial score (nSPS) is 12.6. The molecule has 3 nitrogen and oxygen atoms in total. The molecule has 1 heterocycles. The van der Waals surface area contributed by atoms with Crippen LogP contribution >= 0.6 is 35.0 Å². The molecule has 6 heteroatoms. The van der Waals surface area contributed by atoms with Crippen LogP contribution in [0.5, 0.6) is 0 Å². The topological polar surface area (TPSA) is 43.8 Å². The SMILES string of the molecule is CCn1ncc(Cl)c1C(N)CSc1ccc(Cl)cc1. The third-order valence-corrected chi connectivity index (χ3v) is 4.40. The van der Waals surface area contributed by atoms with Crippen molar-refractivity contribution >= 4 is 35.0 Å². The molecule has 0 aliphatic rings. The molecule has 0 fully saturated rings. The molecular formula is C13H15Cl2N3S. The van der Waals surface area contributed by atoms with Crippen molar-refractivity contribution in [3.63, 3.8) is 0 Å². The lowest BCUT2D eigenvalue weighted by Crippen LogP contribution is -2.18. The first-order valence-electron chi connectivity index (χ1n) is 5.97. The molecule has 0 saturated carbocycles. The van der Waals surface area contributed by atoms with E-state index in [9.17, 15) is 0 Å². The van der Waals surface area contributed by atoms with Crippen molar-refractivity contribution in [1.29, 1.82) is 0 Å². The van der Waals surface area contributed by atoms with E-state index in [2.05, 4.69) is 5.10 Å². The number of nitrogens with zero attached hydrogens (tertiary/aromatic N) is 2. The summed E-state index contributed by atoms with van der Waals surface area (Å²) in [7, 11) is 0. The molecule has 2 N–H and O–H groups in total. The Labute approximate surface area is 127 Å². The van der Waals surface area contributed by atoms with E-state index >= 15 is 0 Å². The van der Waals surface area contributed by atoms with Crippen LogP contribution in [0, 0.1) is 0 Å². The van der Waals surface area contributed by atoms with Gasteiger partial charge in [-0.2, -0.15) is 5.10 Å². The Kier molecular flexibility index (Phi) is 5.16. The second-order valence-electron chi connectivity index (χ2n) is 4.06. The van der Waals surface area contributed by atoms with Crippen LogP contribution in [0.3, 0.4) is 0 Å². The van der Waals surface area contributed by atoms with E-state index in [0.717, 1.165) is 27.9 Å². The van der Waals surface area contributed by atoms with E-state index in [0.29, 0.717) is 5.02 Å². The van der Waals surface area contributed by atoms with Gasteiger partial charge in [-0.15, -0.1) is 11.8 Å². The van der Waals surface area contributed by atoms with Gasteiger partial charge in [-0.05, 0) is 31.2 Å². The van der Waals surface area contributed by atoms with Crippen LogP contribution < -0.4 is 5.73 Å². The maximum absolute atomic E-state index is 6.20. The van der Waals surface area contributed by atoms with Gasteiger partial charge in [0.1, 0.15) is 0 Å². The van der Waals surface area contributed by atoms with Crippen LogP contribution in [-0.4, -0.2) is 15.5 Å². The third kappa shape index (κ3) is 3.66. The summed E-state index contributed by atoms with van der Waals surface area (Å²) < 4.78 is 1.84. The van der Waals surface area contributed by atoms with Gasteiger partial charge in [-0.1, -0.05) is 23.2 Å². The summed E-state index contributed by atoms with van der Waals surface area (Å²) in [6.45, 7) is 2.78. The van der Waals surface area contributed by atoms with Gasteiger partial charge in [0.25, 0.3) is 0 Å². The van der Waals surface area contributed by atoms with Gasteiger partial charge in [0.05, 0.1) is 23.0 Å². The summed E-state index contributed by atoms with van der Waals surface area (Å²) in [5, 5.41) is 5.57. The van der Waals surface area contributed by atoms with Crippen molar-refractivity contribution in [1.82, 2.24) is 9.78 Å². The molecule has 102 valence electrons. The van der Waals surface area contributed by atoms with E-state index < -0.39 is 0 Å². The molecule has 1 aromatic heterocycles. The highest BCUT2D eigenvalue weighted by Crippen LogP contribution is 2.28. The number of hydrogen-bond acceptors (Lipinski definition) is 3. The van der Waals surface area contributed by atoms with E-state index in [-0.39, 0.29) is 6.04 Å². The van der Waals surface area contributed by atoms with Crippen LogP contribution in [0.1, 0.15) is 18.7 Å². The minimum absolute atomic E-state index is 0.143. The predicted octanol–water partition coefficient (Wildman–Crippen LogP) is 4.00. The number of nitrogens with two attached hydrogens (primary N) is 1. The maximum Gasteiger partial charge on any atom is 0.0834 e. The zero-order valence-electron chi connectivity index (χ0n) is 10.5. The lowest BCUT2D eigenvalue weighted by Gasteiger charge is -2.13. The van der Waals surface area contributed by atoms with Gasteiger partial charge >= 0.3 is 0 Å². The number of rotatable bonds is 5. The van der Waals surface area contributed by atoms with E-state index in [1.165, 1.54) is 0 Å². The number of hydrogen-bond donors (Lipinski definition) is 1. The molecule has 0 radical (unpaired) electrons. The average Bonchev–Trinajstić information content (AvgIpc) is 2.79. The quantitative estimate of drug-likeness (QED) is 0.848. The summed E-state index contributed by atoms with van der Waals surface area (Å²) in [5.74, 6) is 0.743. The second kappa shape index (κ2) is 6.66. The average molecular weight is 316 g/mol. The predicted molar refractivity (Wildman–Crippen MR) is 82.0 cm³/mol. The smallest absolute Gasteiger partial charge is 0.0834 e. The van der Waals surface area contributed by atoms with Crippen molar-refractivity contribution in [3.05, 3.63) is 46.2 Å². The fourth-order valence-corrected chi connectivity index (χ4v) is 3.05. The minimum Gasteiger partial charge on any atom is -0.322 e. The summed E-state index contributed by atoms with van der Waals surface area (Å²) in [6.07, 6.45) is 1.65. The lowest BCUT2D eigenvalue weighted by molar-refractivity contribution is 0.593. The molecule has 2 rings (SSSR count). The van der Waals surface area contributed by atoms with Gasteiger partial charge in [-0.25, -0.2) is 0 Å². The molecule has 0 amide bonds. The van der Waals surface area contributed by atoms with Crippen LogP contribution in [-0.2, 0) is 6.54 Å². The fourth-order valence-electron chi connectivity index (χ4n) is 1.79. The highest BCUT2D eigenvalue weighted by Gasteiger charge is 2.16. The molecular weight excluding hydrogens is 301 g/mol. The molecule has 19 heavy (non-hydrogen) atoms. The van der Waals surface area contributed by atoms with Crippen LogP contribution in [0.25, 0.3) is 0 Å². The zero-order valence-corrected chi connectivity index (χ0v) is 12.8. The Hall–Kier alpha value is -0.680. The number of halogens is 2. The van der Waals surface area contributed by atoms with E-state index in [1.807, 2.05) is 35.9 Å².